The van der Waals surface area contributed by atoms with Crippen molar-refractivity contribution < 1.29 is 19.0 Å². The van der Waals surface area contributed by atoms with Crippen LogP contribution in [0.4, 0.5) is 0 Å². The molecule has 0 aromatic heterocycles. The number of hydrogen-bond donors (Lipinski definition) is 0. The third-order valence-electron chi connectivity index (χ3n) is 6.40. The van der Waals surface area contributed by atoms with E-state index >= 15 is 0 Å². The van der Waals surface area contributed by atoms with Gasteiger partial charge in [-0.05, 0) is 59.4 Å². The van der Waals surface area contributed by atoms with E-state index in [-0.39, 0.29) is 11.9 Å². The van der Waals surface area contributed by atoms with Crippen LogP contribution in [0.1, 0.15) is 35.2 Å². The smallest absolute Gasteiger partial charge is 0.233 e. The van der Waals surface area contributed by atoms with Crippen molar-refractivity contribution in [3.8, 4) is 17.2 Å². The maximum atomic E-state index is 13.4. The first kappa shape index (κ1) is 25.0. The Hall–Kier alpha value is -3.12. The lowest BCUT2D eigenvalue weighted by atomic mass is 9.92. The average Bonchev–Trinajstić information content (AvgIpc) is 2.91. The van der Waals surface area contributed by atoms with Crippen LogP contribution in [0.25, 0.3) is 0 Å². The van der Waals surface area contributed by atoms with Crippen molar-refractivity contribution in [2.75, 3.05) is 33.1 Å². The van der Waals surface area contributed by atoms with Crippen LogP contribution in [0.5, 0.6) is 17.2 Å². The molecule has 35 heavy (non-hydrogen) atoms. The Bertz CT molecular complexity index is 1120. The molecule has 1 aliphatic heterocycles. The first-order valence-electron chi connectivity index (χ1n) is 12.0. The summed E-state index contributed by atoms with van der Waals surface area (Å²) < 4.78 is 17.3. The van der Waals surface area contributed by atoms with Crippen LogP contribution in [-0.4, -0.2) is 43.9 Å². The third kappa shape index (κ3) is 6.12. The van der Waals surface area contributed by atoms with Gasteiger partial charge in [-0.15, -0.1) is 11.8 Å². The van der Waals surface area contributed by atoms with Crippen LogP contribution in [0.2, 0.25) is 0 Å². The van der Waals surface area contributed by atoms with Crippen LogP contribution >= 0.6 is 11.8 Å². The highest BCUT2D eigenvalue weighted by Gasteiger charge is 2.32. The molecular weight excluding hydrogens is 458 g/mol. The molecule has 3 aromatic rings. The standard InChI is InChI=1S/C29H33NO4S/c1-4-21-10-12-24(13-11-21)34-18-26-25-17-28(33-3)27(32-2)16-23(25)14-15-30(26)29(31)20-35-19-22-8-6-5-7-9-22/h5-13,16-17,26H,4,14-15,18-20H2,1-3H3. The maximum Gasteiger partial charge on any atom is 0.233 e. The van der Waals surface area contributed by atoms with Crippen molar-refractivity contribution in [2.45, 2.75) is 31.6 Å². The Kier molecular flexibility index (Phi) is 8.59. The van der Waals surface area contributed by atoms with Gasteiger partial charge in [-0.25, -0.2) is 0 Å². The number of carbonyl (C=O) groups is 1. The van der Waals surface area contributed by atoms with Gasteiger partial charge in [0.15, 0.2) is 11.5 Å². The lowest BCUT2D eigenvalue weighted by molar-refractivity contribution is -0.132. The fraction of sp³-hybridized carbons (Fsp3) is 0.345. The molecule has 1 heterocycles. The third-order valence-corrected chi connectivity index (χ3v) is 7.39. The van der Waals surface area contributed by atoms with Crippen LogP contribution in [-0.2, 0) is 23.4 Å². The van der Waals surface area contributed by atoms with Gasteiger partial charge in [-0.2, -0.15) is 0 Å². The molecule has 184 valence electrons. The summed E-state index contributed by atoms with van der Waals surface area (Å²) in [6, 6.07) is 22.2. The molecular formula is C29H33NO4S. The predicted octanol–water partition coefficient (Wildman–Crippen LogP) is 5.70. The first-order chi connectivity index (χ1) is 17.1. The summed E-state index contributed by atoms with van der Waals surface area (Å²) in [6.45, 7) is 3.16. The number of ether oxygens (including phenoxy) is 3. The van der Waals surface area contributed by atoms with E-state index < -0.39 is 0 Å². The number of thioether (sulfide) groups is 1. The molecule has 6 heteroatoms. The van der Waals surface area contributed by atoms with E-state index in [9.17, 15) is 4.79 Å². The van der Waals surface area contributed by atoms with Gasteiger partial charge in [-0.3, -0.25) is 4.79 Å². The summed E-state index contributed by atoms with van der Waals surface area (Å²) in [5, 5.41) is 0. The van der Waals surface area contributed by atoms with Gasteiger partial charge in [-0.1, -0.05) is 49.4 Å². The second-order valence-electron chi connectivity index (χ2n) is 8.55. The minimum atomic E-state index is -0.200. The zero-order chi connectivity index (χ0) is 24.6. The molecule has 4 rings (SSSR count). The SMILES string of the molecule is CCc1ccc(OCC2c3cc(OC)c(OC)cc3CCN2C(=O)CSCc2ccccc2)cc1. The van der Waals surface area contributed by atoms with Gasteiger partial charge >= 0.3 is 0 Å². The molecule has 0 radical (unpaired) electrons. The summed E-state index contributed by atoms with van der Waals surface area (Å²) >= 11 is 1.65. The number of hydrogen-bond acceptors (Lipinski definition) is 5. The van der Waals surface area contributed by atoms with Crippen molar-refractivity contribution in [1.29, 1.82) is 0 Å². The molecule has 0 saturated carbocycles. The molecule has 1 aliphatic rings. The van der Waals surface area contributed by atoms with Gasteiger partial charge in [0.1, 0.15) is 12.4 Å². The quantitative estimate of drug-likeness (QED) is 0.364. The molecule has 3 aromatic carbocycles. The van der Waals surface area contributed by atoms with Gasteiger partial charge in [0.2, 0.25) is 5.91 Å². The number of rotatable bonds is 10. The van der Waals surface area contributed by atoms with Crippen molar-refractivity contribution in [3.05, 3.63) is 89.0 Å². The number of nitrogens with zero attached hydrogens (tertiary/aromatic N) is 1. The minimum absolute atomic E-state index is 0.126. The Morgan fingerprint density at radius 3 is 2.37 bits per heavy atom. The summed E-state index contributed by atoms with van der Waals surface area (Å²) in [7, 11) is 3.28. The van der Waals surface area contributed by atoms with E-state index in [2.05, 4.69) is 31.2 Å². The molecule has 1 amide bonds. The largest absolute Gasteiger partial charge is 0.493 e. The van der Waals surface area contributed by atoms with Crippen molar-refractivity contribution in [3.63, 3.8) is 0 Å². The van der Waals surface area contributed by atoms with Crippen LogP contribution in [0.15, 0.2) is 66.7 Å². The number of amides is 1. The molecule has 5 nitrogen and oxygen atoms in total. The number of aryl methyl sites for hydroxylation is 1. The Balaban J connectivity index is 1.53. The Morgan fingerprint density at radius 2 is 1.69 bits per heavy atom. The van der Waals surface area contributed by atoms with E-state index in [1.165, 1.54) is 16.7 Å². The van der Waals surface area contributed by atoms with Gasteiger partial charge < -0.3 is 19.1 Å². The number of benzene rings is 3. The highest BCUT2D eigenvalue weighted by atomic mass is 32.2. The Morgan fingerprint density at radius 1 is 0.971 bits per heavy atom. The van der Waals surface area contributed by atoms with Gasteiger partial charge in [0.25, 0.3) is 0 Å². The zero-order valence-corrected chi connectivity index (χ0v) is 21.5. The van der Waals surface area contributed by atoms with E-state index in [1.807, 2.05) is 47.4 Å². The zero-order valence-electron chi connectivity index (χ0n) is 20.7. The average molecular weight is 492 g/mol. The molecule has 0 spiro atoms. The maximum absolute atomic E-state index is 13.4. The first-order valence-corrected chi connectivity index (χ1v) is 13.2. The van der Waals surface area contributed by atoms with Gasteiger partial charge in [0, 0.05) is 12.3 Å². The van der Waals surface area contributed by atoms with Crippen LogP contribution < -0.4 is 14.2 Å². The second-order valence-corrected chi connectivity index (χ2v) is 9.53. The molecule has 0 aliphatic carbocycles. The van der Waals surface area contributed by atoms with E-state index in [4.69, 9.17) is 14.2 Å². The van der Waals surface area contributed by atoms with Crippen molar-refractivity contribution in [1.82, 2.24) is 4.90 Å². The summed E-state index contributed by atoms with van der Waals surface area (Å²) in [6.07, 6.45) is 1.76. The molecule has 0 fully saturated rings. The van der Waals surface area contributed by atoms with Crippen molar-refractivity contribution in [2.24, 2.45) is 0 Å². The summed E-state index contributed by atoms with van der Waals surface area (Å²) in [4.78, 5) is 15.3. The highest BCUT2D eigenvalue weighted by Crippen LogP contribution is 2.38. The molecule has 0 bridgehead atoms. The number of methoxy groups -OCH3 is 2. The van der Waals surface area contributed by atoms with E-state index in [0.29, 0.717) is 30.4 Å². The second kappa shape index (κ2) is 12.0. The van der Waals surface area contributed by atoms with Crippen LogP contribution in [0.3, 0.4) is 0 Å². The lowest BCUT2D eigenvalue weighted by Crippen LogP contribution is -2.43. The lowest BCUT2D eigenvalue weighted by Gasteiger charge is -2.37. The highest BCUT2D eigenvalue weighted by molar-refractivity contribution is 7.99. The molecule has 1 atom stereocenters. The number of carbonyl (C=O) groups excluding carboxylic acids is 1. The molecule has 0 N–H and O–H groups in total. The topological polar surface area (TPSA) is 48.0 Å². The Labute approximate surface area is 212 Å². The van der Waals surface area contributed by atoms with Crippen molar-refractivity contribution >= 4 is 17.7 Å². The number of fused-ring (bicyclic) bond motifs is 1. The fourth-order valence-corrected chi connectivity index (χ4v) is 5.29. The van der Waals surface area contributed by atoms with E-state index in [1.54, 1.807) is 26.0 Å². The fourth-order valence-electron chi connectivity index (χ4n) is 4.42. The van der Waals surface area contributed by atoms with E-state index in [0.717, 1.165) is 29.9 Å². The summed E-state index contributed by atoms with van der Waals surface area (Å²) in [5.74, 6) is 3.55. The minimum Gasteiger partial charge on any atom is -0.493 e. The molecule has 1 unspecified atom stereocenters. The van der Waals surface area contributed by atoms with Gasteiger partial charge in [0.05, 0.1) is 26.0 Å². The molecule has 0 saturated heterocycles. The predicted molar refractivity (Wildman–Crippen MR) is 142 cm³/mol. The summed E-state index contributed by atoms with van der Waals surface area (Å²) in [5.41, 5.74) is 4.71. The van der Waals surface area contributed by atoms with Crippen LogP contribution in [0, 0.1) is 0 Å². The monoisotopic (exact) mass is 491 g/mol. The normalized spacial score (nSPS) is 14.8.